The molecule has 0 aliphatic rings. The van der Waals surface area contributed by atoms with Crippen molar-refractivity contribution >= 4 is 40.7 Å². The second kappa shape index (κ2) is 8.70. The lowest BCUT2D eigenvalue weighted by atomic mass is 10.2. The first-order valence-electron chi connectivity index (χ1n) is 7.42. The molecule has 1 aromatic heterocycles. The Labute approximate surface area is 145 Å². The van der Waals surface area contributed by atoms with Gasteiger partial charge in [-0.2, -0.15) is 0 Å². The summed E-state index contributed by atoms with van der Waals surface area (Å²) in [6.45, 7) is 2.78. The summed E-state index contributed by atoms with van der Waals surface area (Å²) in [5.74, 6) is 0.198. The van der Waals surface area contributed by atoms with E-state index in [2.05, 4.69) is 27.5 Å². The summed E-state index contributed by atoms with van der Waals surface area (Å²) in [5.41, 5.74) is 1.11. The van der Waals surface area contributed by atoms with Gasteiger partial charge in [0.15, 0.2) is 0 Å². The molecule has 1 aromatic carbocycles. The SMILES string of the molecule is CCCCCNC(=O)c1cnc(Nc2cc(Cl)cc(Cl)c2)nc1. The van der Waals surface area contributed by atoms with Gasteiger partial charge in [0.2, 0.25) is 5.95 Å². The molecular weight excluding hydrogens is 335 g/mol. The van der Waals surface area contributed by atoms with Crippen molar-refractivity contribution in [3.05, 3.63) is 46.2 Å². The second-order valence-corrected chi connectivity index (χ2v) is 5.91. The number of amides is 1. The van der Waals surface area contributed by atoms with Crippen LogP contribution in [0.5, 0.6) is 0 Å². The lowest BCUT2D eigenvalue weighted by molar-refractivity contribution is 0.0952. The molecule has 0 spiro atoms. The summed E-state index contributed by atoms with van der Waals surface area (Å²) >= 11 is 11.9. The fraction of sp³-hybridized carbons (Fsp3) is 0.312. The van der Waals surface area contributed by atoms with Crippen molar-refractivity contribution in [2.24, 2.45) is 0 Å². The molecule has 122 valence electrons. The molecule has 2 rings (SSSR count). The lowest BCUT2D eigenvalue weighted by Crippen LogP contribution is -2.24. The number of halogens is 2. The van der Waals surface area contributed by atoms with Crippen LogP contribution < -0.4 is 10.6 Å². The molecule has 2 aromatic rings. The zero-order valence-corrected chi connectivity index (χ0v) is 14.3. The quantitative estimate of drug-likeness (QED) is 0.722. The summed E-state index contributed by atoms with van der Waals surface area (Å²) in [4.78, 5) is 20.2. The molecule has 0 saturated heterocycles. The Kier molecular flexibility index (Phi) is 6.62. The van der Waals surface area contributed by atoms with Crippen LogP contribution in [0.3, 0.4) is 0 Å². The first-order chi connectivity index (χ1) is 11.1. The Balaban J connectivity index is 1.95. The van der Waals surface area contributed by atoms with Crippen molar-refractivity contribution in [1.29, 1.82) is 0 Å². The Hall–Kier alpha value is -1.85. The maximum absolute atomic E-state index is 11.9. The van der Waals surface area contributed by atoms with Gasteiger partial charge < -0.3 is 10.6 Å². The maximum atomic E-state index is 11.9. The van der Waals surface area contributed by atoms with E-state index >= 15 is 0 Å². The van der Waals surface area contributed by atoms with Gasteiger partial charge >= 0.3 is 0 Å². The van der Waals surface area contributed by atoms with Crippen molar-refractivity contribution in [2.45, 2.75) is 26.2 Å². The van der Waals surface area contributed by atoms with Crippen LogP contribution in [0.2, 0.25) is 10.0 Å². The number of carbonyl (C=O) groups excluding carboxylic acids is 1. The summed E-state index contributed by atoms with van der Waals surface area (Å²) < 4.78 is 0. The zero-order valence-electron chi connectivity index (χ0n) is 12.8. The number of aromatic nitrogens is 2. The molecule has 0 unspecified atom stereocenters. The lowest BCUT2D eigenvalue weighted by Gasteiger charge is -2.07. The van der Waals surface area contributed by atoms with E-state index in [1.165, 1.54) is 12.4 Å². The molecule has 0 atom stereocenters. The average molecular weight is 353 g/mol. The second-order valence-electron chi connectivity index (χ2n) is 5.04. The minimum atomic E-state index is -0.168. The molecule has 1 amide bonds. The van der Waals surface area contributed by atoms with E-state index in [9.17, 15) is 4.79 Å². The van der Waals surface area contributed by atoms with Gasteiger partial charge in [-0.05, 0) is 24.6 Å². The number of anilines is 2. The van der Waals surface area contributed by atoms with E-state index < -0.39 is 0 Å². The molecule has 0 fully saturated rings. The van der Waals surface area contributed by atoms with E-state index in [0.717, 1.165) is 19.3 Å². The third-order valence-corrected chi connectivity index (χ3v) is 3.54. The number of unbranched alkanes of at least 4 members (excludes halogenated alkanes) is 2. The Morgan fingerprint density at radius 2 is 1.74 bits per heavy atom. The summed E-state index contributed by atoms with van der Waals surface area (Å²) in [6.07, 6.45) is 6.15. The number of nitrogens with zero attached hydrogens (tertiary/aromatic N) is 2. The number of carbonyl (C=O) groups is 1. The standard InChI is InChI=1S/C16H18Cl2N4O/c1-2-3-4-5-19-15(23)11-9-20-16(21-10-11)22-14-7-12(17)6-13(18)8-14/h6-10H,2-5H2,1H3,(H,19,23)(H,20,21,22). The molecule has 0 aliphatic heterocycles. The molecule has 23 heavy (non-hydrogen) atoms. The average Bonchev–Trinajstić information content (AvgIpc) is 2.51. The molecule has 1 heterocycles. The van der Waals surface area contributed by atoms with Crippen molar-refractivity contribution in [3.63, 3.8) is 0 Å². The molecule has 2 N–H and O–H groups in total. The number of hydrogen-bond donors (Lipinski definition) is 2. The van der Waals surface area contributed by atoms with Crippen LogP contribution in [0.15, 0.2) is 30.6 Å². The number of nitrogens with one attached hydrogen (secondary N) is 2. The van der Waals surface area contributed by atoms with Crippen LogP contribution in [-0.4, -0.2) is 22.4 Å². The largest absolute Gasteiger partial charge is 0.352 e. The van der Waals surface area contributed by atoms with Crippen LogP contribution in [-0.2, 0) is 0 Å². The van der Waals surface area contributed by atoms with Crippen LogP contribution in [0.4, 0.5) is 11.6 Å². The minimum Gasteiger partial charge on any atom is -0.352 e. The van der Waals surface area contributed by atoms with E-state index in [1.807, 2.05) is 0 Å². The van der Waals surface area contributed by atoms with E-state index in [-0.39, 0.29) is 5.91 Å². The Morgan fingerprint density at radius 1 is 1.09 bits per heavy atom. The number of hydrogen-bond acceptors (Lipinski definition) is 4. The smallest absolute Gasteiger partial charge is 0.254 e. The summed E-state index contributed by atoms with van der Waals surface area (Å²) in [5, 5.41) is 6.87. The van der Waals surface area contributed by atoms with Crippen molar-refractivity contribution in [2.75, 3.05) is 11.9 Å². The molecule has 0 aliphatic carbocycles. The van der Waals surface area contributed by atoms with Gasteiger partial charge in [0, 0.05) is 34.7 Å². The highest BCUT2D eigenvalue weighted by Crippen LogP contribution is 2.24. The van der Waals surface area contributed by atoms with Crippen LogP contribution in [0.1, 0.15) is 36.5 Å². The fourth-order valence-corrected chi connectivity index (χ4v) is 2.47. The fourth-order valence-electron chi connectivity index (χ4n) is 1.94. The van der Waals surface area contributed by atoms with Gasteiger partial charge in [-0.15, -0.1) is 0 Å². The predicted molar refractivity (Wildman–Crippen MR) is 93.6 cm³/mol. The first kappa shape index (κ1) is 17.5. The molecule has 5 nitrogen and oxygen atoms in total. The van der Waals surface area contributed by atoms with Gasteiger partial charge in [0.1, 0.15) is 0 Å². The van der Waals surface area contributed by atoms with Gasteiger partial charge in [-0.3, -0.25) is 4.79 Å². The monoisotopic (exact) mass is 352 g/mol. The maximum Gasteiger partial charge on any atom is 0.254 e. The van der Waals surface area contributed by atoms with E-state index in [1.54, 1.807) is 18.2 Å². The minimum absolute atomic E-state index is 0.168. The van der Waals surface area contributed by atoms with Crippen molar-refractivity contribution in [1.82, 2.24) is 15.3 Å². The van der Waals surface area contributed by atoms with Crippen molar-refractivity contribution in [3.8, 4) is 0 Å². The molecule has 0 saturated carbocycles. The van der Waals surface area contributed by atoms with E-state index in [0.29, 0.717) is 33.8 Å². The van der Waals surface area contributed by atoms with E-state index in [4.69, 9.17) is 23.2 Å². The van der Waals surface area contributed by atoms with Gasteiger partial charge in [-0.1, -0.05) is 43.0 Å². The third kappa shape index (κ3) is 5.69. The molecule has 7 heteroatoms. The molecule has 0 bridgehead atoms. The topological polar surface area (TPSA) is 66.9 Å². The highest BCUT2D eigenvalue weighted by molar-refractivity contribution is 6.35. The van der Waals surface area contributed by atoms with Gasteiger partial charge in [0.25, 0.3) is 5.91 Å². The highest BCUT2D eigenvalue weighted by atomic mass is 35.5. The highest BCUT2D eigenvalue weighted by Gasteiger charge is 2.07. The Bertz CT molecular complexity index is 641. The number of rotatable bonds is 7. The predicted octanol–water partition coefficient (Wildman–Crippen LogP) is 4.45. The summed E-state index contributed by atoms with van der Waals surface area (Å²) in [6, 6.07) is 5.07. The number of benzene rings is 1. The van der Waals surface area contributed by atoms with Crippen molar-refractivity contribution < 1.29 is 4.79 Å². The summed E-state index contributed by atoms with van der Waals surface area (Å²) in [7, 11) is 0. The van der Waals surface area contributed by atoms with Gasteiger partial charge in [-0.25, -0.2) is 9.97 Å². The molecule has 0 radical (unpaired) electrons. The Morgan fingerprint density at radius 3 is 2.35 bits per heavy atom. The third-order valence-electron chi connectivity index (χ3n) is 3.10. The van der Waals surface area contributed by atoms with Gasteiger partial charge in [0.05, 0.1) is 5.56 Å². The zero-order chi connectivity index (χ0) is 16.7. The van der Waals surface area contributed by atoms with Crippen LogP contribution in [0.25, 0.3) is 0 Å². The van der Waals surface area contributed by atoms with Crippen LogP contribution in [0, 0.1) is 0 Å². The first-order valence-corrected chi connectivity index (χ1v) is 8.17. The van der Waals surface area contributed by atoms with Crippen LogP contribution >= 0.6 is 23.2 Å². The normalized spacial score (nSPS) is 10.4. The molecular formula is C16H18Cl2N4O.